The molecule has 118 valence electrons. The number of alkyl halides is 3. The molecule has 0 aliphatic heterocycles. The van der Waals surface area contributed by atoms with Crippen LogP contribution in [0.4, 0.5) is 13.2 Å². The van der Waals surface area contributed by atoms with Gasteiger partial charge >= 0.3 is 27.9 Å². The van der Waals surface area contributed by atoms with Gasteiger partial charge in [-0.2, -0.15) is 13.2 Å². The Morgan fingerprint density at radius 3 is 1.86 bits per heavy atom. The van der Waals surface area contributed by atoms with E-state index in [4.69, 9.17) is 0 Å². The van der Waals surface area contributed by atoms with Crippen LogP contribution in [0.15, 0.2) is 42.2 Å². The number of benzene rings is 1. The van der Waals surface area contributed by atoms with Crippen LogP contribution in [0.1, 0.15) is 19.4 Å². The fourth-order valence-corrected chi connectivity index (χ4v) is 1.54. The molecule has 1 aromatic rings. The van der Waals surface area contributed by atoms with E-state index in [1.54, 1.807) is 24.3 Å². The summed E-state index contributed by atoms with van der Waals surface area (Å²) in [5.74, 6) is -0.895. The Kier molecular flexibility index (Phi) is 16.2. The number of allylic oxidation sites excluding steroid dienone is 2. The first-order chi connectivity index (χ1) is 7.71. The van der Waals surface area contributed by atoms with Crippen molar-refractivity contribution < 1.29 is 77.2 Å². The maximum absolute atomic E-state index is 12.1. The van der Waals surface area contributed by atoms with Crippen LogP contribution in [0.25, 0.3) is 0 Å². The average molecular weight is 397 g/mol. The van der Waals surface area contributed by atoms with Crippen molar-refractivity contribution in [1.82, 2.24) is 0 Å². The van der Waals surface area contributed by atoms with Gasteiger partial charge in [0.25, 0.3) is 0 Å². The normalized spacial score (nSPS) is 11.2. The molecule has 0 saturated carbocycles. The molecule has 8 heteroatoms. The third-order valence-electron chi connectivity index (χ3n) is 2.45. The third kappa shape index (κ3) is 11.4. The number of rotatable bonds is 3. The summed E-state index contributed by atoms with van der Waals surface area (Å²) in [6.07, 6.45) is -4.42. The molecule has 1 aromatic carbocycles. The molecule has 0 aromatic heterocycles. The van der Waals surface area contributed by atoms with Crippen LogP contribution in [-0.4, -0.2) is 6.18 Å². The zero-order chi connectivity index (χ0) is 13.1. The molecule has 0 aliphatic carbocycles. The van der Waals surface area contributed by atoms with Gasteiger partial charge in [0.1, 0.15) is 0 Å². The molecule has 0 N–H and O–H groups in total. The summed E-state index contributed by atoms with van der Waals surface area (Å²) in [6.45, 7) is 3.04. The Morgan fingerprint density at radius 2 is 1.48 bits per heavy atom. The van der Waals surface area contributed by atoms with Crippen molar-refractivity contribution in [3.05, 3.63) is 47.7 Å². The molecule has 21 heavy (non-hydrogen) atoms. The van der Waals surface area contributed by atoms with E-state index in [1.807, 2.05) is 6.07 Å². The van der Waals surface area contributed by atoms with Gasteiger partial charge in [-0.25, -0.2) is 0 Å². The Labute approximate surface area is 156 Å². The van der Waals surface area contributed by atoms with Crippen LogP contribution in [-0.2, 0) is 28.1 Å². The molecule has 0 radical (unpaired) electrons. The standard InChI is InChI=1S/C13H15F3O.3ClH.Ti/c1-12(2,11(17)9-13(14,15)16)8-10-6-4-3-5-7-10;;;;/h3-7,9,17H,8H2,1-2H3;3*1H;/q;;;;+4/p-4/b11-9-;;;;. The van der Waals surface area contributed by atoms with Gasteiger partial charge in [0, 0.05) is 6.08 Å². The van der Waals surface area contributed by atoms with Crippen molar-refractivity contribution in [3.63, 3.8) is 0 Å². The molecule has 0 unspecified atom stereocenters. The predicted molar refractivity (Wildman–Crippen MR) is 58.1 cm³/mol. The zero-order valence-electron chi connectivity index (χ0n) is 11.3. The van der Waals surface area contributed by atoms with Crippen LogP contribution in [0.2, 0.25) is 0 Å². The molecule has 0 saturated heterocycles. The largest absolute Gasteiger partial charge is 4.00 e. The van der Waals surface area contributed by atoms with Crippen LogP contribution in [0.3, 0.4) is 0 Å². The van der Waals surface area contributed by atoms with Gasteiger partial charge in [-0.1, -0.05) is 44.2 Å². The fraction of sp³-hybridized carbons (Fsp3) is 0.385. The fourth-order valence-electron chi connectivity index (χ4n) is 1.54. The molecular weight excluding hydrogens is 383 g/mol. The third-order valence-corrected chi connectivity index (χ3v) is 2.45. The smallest absolute Gasteiger partial charge is 1.00 e. The maximum atomic E-state index is 12.1. The molecule has 1 nitrogen and oxygen atoms in total. The van der Waals surface area contributed by atoms with E-state index in [9.17, 15) is 18.3 Å². The molecule has 0 spiro atoms. The van der Waals surface area contributed by atoms with Crippen molar-refractivity contribution in [3.8, 4) is 0 Å². The first-order valence-corrected chi connectivity index (χ1v) is 5.22. The van der Waals surface area contributed by atoms with E-state index in [2.05, 4.69) is 0 Å². The summed E-state index contributed by atoms with van der Waals surface area (Å²) in [4.78, 5) is 0. The summed E-state index contributed by atoms with van der Waals surface area (Å²) < 4.78 is 36.3. The predicted octanol–water partition coefficient (Wildman–Crippen LogP) is -5.93. The van der Waals surface area contributed by atoms with Crippen LogP contribution in [0.5, 0.6) is 0 Å². The minimum atomic E-state index is -4.55. The second-order valence-electron chi connectivity index (χ2n) is 4.60. The van der Waals surface area contributed by atoms with Crippen molar-refractivity contribution >= 4 is 0 Å². The first kappa shape index (κ1) is 29.2. The SMILES string of the molecule is CC(C)(Cc1ccccc1)/C([O-])=C/C(F)(F)F.[Cl-].[Cl-].[Cl-].[Ti+4]. The molecule has 0 aliphatic rings. The second-order valence-corrected chi connectivity index (χ2v) is 4.60. The van der Waals surface area contributed by atoms with Crippen LogP contribution >= 0.6 is 0 Å². The van der Waals surface area contributed by atoms with E-state index in [0.29, 0.717) is 6.42 Å². The summed E-state index contributed by atoms with van der Waals surface area (Å²) in [7, 11) is 0. The van der Waals surface area contributed by atoms with Crippen LogP contribution < -0.4 is 42.3 Å². The van der Waals surface area contributed by atoms with E-state index in [0.717, 1.165) is 5.56 Å². The maximum Gasteiger partial charge on any atom is 4.00 e. The topological polar surface area (TPSA) is 23.1 Å². The minimum Gasteiger partial charge on any atom is -1.00 e. The summed E-state index contributed by atoms with van der Waals surface area (Å²) in [5, 5.41) is 11.5. The van der Waals surface area contributed by atoms with Crippen molar-refractivity contribution in [1.29, 1.82) is 0 Å². The monoisotopic (exact) mass is 396 g/mol. The Balaban J connectivity index is -0.000000361. The van der Waals surface area contributed by atoms with E-state index >= 15 is 0 Å². The average Bonchev–Trinajstić information content (AvgIpc) is 2.15. The van der Waals surface area contributed by atoms with Gasteiger partial charge in [0.2, 0.25) is 0 Å². The Hall–Kier alpha value is 0.134. The quantitative estimate of drug-likeness (QED) is 0.368. The van der Waals surface area contributed by atoms with Crippen molar-refractivity contribution in [2.24, 2.45) is 5.41 Å². The van der Waals surface area contributed by atoms with Gasteiger partial charge < -0.3 is 42.3 Å². The van der Waals surface area contributed by atoms with E-state index in [1.165, 1.54) is 13.8 Å². The Bertz CT molecular complexity index is 409. The van der Waals surface area contributed by atoms with Gasteiger partial charge in [-0.05, 0) is 17.4 Å². The Morgan fingerprint density at radius 1 is 1.05 bits per heavy atom. The number of halogens is 6. The van der Waals surface area contributed by atoms with Gasteiger partial charge in [0.15, 0.2) is 0 Å². The summed E-state index contributed by atoms with van der Waals surface area (Å²) in [6, 6.07) is 9.00. The molecular formula is C13H14Cl3F3OTi. The van der Waals surface area contributed by atoms with E-state index in [-0.39, 0.29) is 65.0 Å². The zero-order valence-corrected chi connectivity index (χ0v) is 15.2. The molecule has 0 heterocycles. The molecule has 0 fully saturated rings. The van der Waals surface area contributed by atoms with Gasteiger partial charge in [0.05, 0.1) is 0 Å². The molecule has 1 rings (SSSR count). The van der Waals surface area contributed by atoms with Crippen LogP contribution in [0, 0.1) is 5.41 Å². The van der Waals surface area contributed by atoms with Crippen molar-refractivity contribution in [2.45, 2.75) is 26.4 Å². The first-order valence-electron chi connectivity index (χ1n) is 5.22. The number of hydrogen-bond donors (Lipinski definition) is 0. The minimum absolute atomic E-state index is 0. The second kappa shape index (κ2) is 11.7. The molecule has 0 bridgehead atoms. The van der Waals surface area contributed by atoms with Gasteiger partial charge in [-0.15, -0.1) is 5.76 Å². The van der Waals surface area contributed by atoms with Crippen molar-refractivity contribution in [2.75, 3.05) is 0 Å². The molecule has 0 amide bonds. The molecule has 0 atom stereocenters. The van der Waals surface area contributed by atoms with E-state index < -0.39 is 17.4 Å². The number of hydrogen-bond acceptors (Lipinski definition) is 1. The summed E-state index contributed by atoms with van der Waals surface area (Å²) in [5.41, 5.74) is -0.196. The summed E-state index contributed by atoms with van der Waals surface area (Å²) >= 11 is 0. The van der Waals surface area contributed by atoms with Gasteiger partial charge in [-0.3, -0.25) is 0 Å².